The molecule has 3 aromatic carbocycles. The van der Waals surface area contributed by atoms with E-state index in [1.54, 1.807) is 6.20 Å². The molecule has 0 saturated carbocycles. The summed E-state index contributed by atoms with van der Waals surface area (Å²) in [5.74, 6) is 2.84. The van der Waals surface area contributed by atoms with Gasteiger partial charge in [0.1, 0.15) is 11.6 Å². The molecule has 0 N–H and O–H groups in total. The fraction of sp³-hybridized carbons (Fsp3) is 0.300. The Morgan fingerprint density at radius 1 is 0.804 bits per heavy atom. The SMILES string of the molecule is [2H]c1c([2H])c([2H])c(-c2cnc(N3CCCc4ccc(Oc5[c-]c6c(cc5)CCCN6c5cc(C(C)(C)C)ccn5)[c-]c43)c(C)c2C)c([2H])c1[2H].[Pt+2]. The van der Waals surface area contributed by atoms with E-state index in [0.717, 1.165) is 78.5 Å². The van der Waals surface area contributed by atoms with E-state index in [2.05, 4.69) is 67.0 Å². The zero-order valence-electron chi connectivity index (χ0n) is 31.9. The van der Waals surface area contributed by atoms with Crippen LogP contribution in [0.5, 0.6) is 11.5 Å². The van der Waals surface area contributed by atoms with Gasteiger partial charge in [0, 0.05) is 42.5 Å². The molecular formula is C40H40N4OPt. The zero-order valence-corrected chi connectivity index (χ0v) is 29.1. The van der Waals surface area contributed by atoms with Crippen molar-refractivity contribution in [3.63, 3.8) is 0 Å². The third-order valence-corrected chi connectivity index (χ3v) is 8.91. The van der Waals surface area contributed by atoms with Crippen molar-refractivity contribution in [2.24, 2.45) is 0 Å². The van der Waals surface area contributed by atoms with Crippen molar-refractivity contribution in [1.82, 2.24) is 9.97 Å². The Labute approximate surface area is 295 Å². The van der Waals surface area contributed by atoms with Crippen molar-refractivity contribution in [1.29, 1.82) is 0 Å². The Kier molecular flexibility index (Phi) is 7.42. The number of aromatic nitrogens is 2. The van der Waals surface area contributed by atoms with E-state index < -0.39 is 6.04 Å². The molecule has 5 nitrogen and oxygen atoms in total. The number of hydrogen-bond donors (Lipinski definition) is 0. The molecule has 0 aliphatic carbocycles. The van der Waals surface area contributed by atoms with E-state index in [4.69, 9.17) is 21.6 Å². The minimum absolute atomic E-state index is 0. The Morgan fingerprint density at radius 3 is 2.09 bits per heavy atom. The van der Waals surface area contributed by atoms with Gasteiger partial charge in [-0.25, -0.2) is 9.97 Å². The summed E-state index contributed by atoms with van der Waals surface area (Å²) < 4.78 is 47.8. The summed E-state index contributed by atoms with van der Waals surface area (Å²) in [6.45, 7) is 12.1. The van der Waals surface area contributed by atoms with Crippen molar-refractivity contribution in [3.05, 3.63) is 119 Å². The van der Waals surface area contributed by atoms with Crippen molar-refractivity contribution in [2.45, 2.75) is 65.7 Å². The summed E-state index contributed by atoms with van der Waals surface area (Å²) in [7, 11) is 0. The molecule has 46 heavy (non-hydrogen) atoms. The number of nitrogens with zero attached hydrogens (tertiary/aromatic N) is 4. The van der Waals surface area contributed by atoms with Crippen LogP contribution in [0.15, 0.2) is 79.0 Å². The van der Waals surface area contributed by atoms with Crippen LogP contribution in [0.25, 0.3) is 11.1 Å². The van der Waals surface area contributed by atoms with Crippen molar-refractivity contribution in [3.8, 4) is 22.6 Å². The maximum Gasteiger partial charge on any atom is 2.00 e. The third kappa shape index (κ3) is 6.22. The molecule has 6 heteroatoms. The Balaban J connectivity index is 0.00000448. The van der Waals surface area contributed by atoms with Crippen LogP contribution in [-0.4, -0.2) is 23.1 Å². The van der Waals surface area contributed by atoms with Crippen LogP contribution in [0.3, 0.4) is 0 Å². The van der Waals surface area contributed by atoms with Crippen LogP contribution in [0.4, 0.5) is 23.0 Å². The maximum absolute atomic E-state index is 8.50. The van der Waals surface area contributed by atoms with Gasteiger partial charge in [-0.1, -0.05) is 75.2 Å². The van der Waals surface area contributed by atoms with Crippen molar-refractivity contribution >= 4 is 23.0 Å². The van der Waals surface area contributed by atoms with Crippen LogP contribution in [-0.2, 0) is 39.3 Å². The number of anilines is 4. The molecule has 0 fully saturated rings. The number of hydrogen-bond acceptors (Lipinski definition) is 5. The number of rotatable bonds is 5. The molecule has 0 spiro atoms. The quantitative estimate of drug-likeness (QED) is 0.166. The number of benzene rings is 3. The monoisotopic (exact) mass is 792 g/mol. The van der Waals surface area contributed by atoms with Crippen LogP contribution in [0, 0.1) is 26.0 Å². The number of pyridine rings is 2. The fourth-order valence-electron chi connectivity index (χ4n) is 6.26. The second kappa shape index (κ2) is 13.0. The molecule has 0 atom stereocenters. The van der Waals surface area contributed by atoms with Gasteiger partial charge in [0.15, 0.2) is 0 Å². The molecule has 0 bridgehead atoms. The van der Waals surface area contributed by atoms with Gasteiger partial charge in [-0.05, 0) is 66.5 Å². The van der Waals surface area contributed by atoms with Gasteiger partial charge in [0.05, 0.1) is 6.85 Å². The van der Waals surface area contributed by atoms with Gasteiger partial charge in [-0.2, -0.15) is 12.1 Å². The van der Waals surface area contributed by atoms with Gasteiger partial charge < -0.3 is 14.5 Å². The maximum atomic E-state index is 8.50. The van der Waals surface area contributed by atoms with Crippen molar-refractivity contribution in [2.75, 3.05) is 22.9 Å². The van der Waals surface area contributed by atoms with Gasteiger partial charge in [-0.3, -0.25) is 0 Å². The summed E-state index contributed by atoms with van der Waals surface area (Å²) in [6, 6.07) is 17.9. The predicted molar refractivity (Wildman–Crippen MR) is 183 cm³/mol. The molecule has 2 aromatic heterocycles. The Bertz CT molecular complexity index is 2120. The summed E-state index contributed by atoms with van der Waals surface area (Å²) in [4.78, 5) is 14.0. The van der Waals surface area contributed by atoms with Crippen LogP contribution in [0.2, 0.25) is 0 Å². The molecule has 5 aromatic rings. The number of fused-ring (bicyclic) bond motifs is 2. The minimum atomic E-state index is -0.408. The van der Waals surface area contributed by atoms with Gasteiger partial charge in [0.2, 0.25) is 0 Å². The largest absolute Gasteiger partial charge is 2.00 e. The Hall–Kier alpha value is -3.95. The third-order valence-electron chi connectivity index (χ3n) is 8.91. The molecule has 7 rings (SSSR count). The smallest absolute Gasteiger partial charge is 0.509 e. The van der Waals surface area contributed by atoms with Gasteiger partial charge >= 0.3 is 21.1 Å². The van der Waals surface area contributed by atoms with E-state index in [9.17, 15) is 0 Å². The van der Waals surface area contributed by atoms with Crippen LogP contribution >= 0.6 is 0 Å². The molecule has 0 radical (unpaired) electrons. The van der Waals surface area contributed by atoms with Gasteiger partial charge in [-0.15, -0.1) is 35.4 Å². The first-order chi connectivity index (χ1) is 23.8. The minimum Gasteiger partial charge on any atom is -0.509 e. The second-order valence-corrected chi connectivity index (χ2v) is 12.9. The summed E-state index contributed by atoms with van der Waals surface area (Å²) in [6.07, 6.45) is 7.36. The van der Waals surface area contributed by atoms with E-state index in [-0.39, 0.29) is 56.2 Å². The standard InChI is InChI=1S/C40H40N4O.Pt/c1-27-28(2)39(42-26-35(27)29-11-7-6-8-12-29)44-22-10-14-31-16-18-34(25-37(31)44)45-33-17-15-30-13-9-21-43(36(30)24-33)38-23-32(19-20-41-38)40(3,4)5;/h6-8,11-12,15-20,23,26H,9-10,13-14,21-22H2,1-5H3;/q-2;+2/i6D,7D,8D,11D,12D;. The first kappa shape index (κ1) is 26.2. The van der Waals surface area contributed by atoms with E-state index in [1.807, 2.05) is 32.2 Å². The number of ether oxygens (including phenoxy) is 1. The topological polar surface area (TPSA) is 41.5 Å². The van der Waals surface area contributed by atoms with Crippen molar-refractivity contribution < 1.29 is 32.7 Å². The molecule has 4 heterocycles. The average molecular weight is 793 g/mol. The van der Waals surface area contributed by atoms with Gasteiger partial charge in [0.25, 0.3) is 0 Å². The van der Waals surface area contributed by atoms with E-state index in [1.165, 1.54) is 11.1 Å². The summed E-state index contributed by atoms with van der Waals surface area (Å²) >= 11 is 0. The van der Waals surface area contributed by atoms with E-state index >= 15 is 0 Å². The summed E-state index contributed by atoms with van der Waals surface area (Å²) in [5.41, 5.74) is 7.85. The number of aryl methyl sites for hydroxylation is 2. The second-order valence-electron chi connectivity index (χ2n) is 12.9. The molecule has 0 amide bonds. The predicted octanol–water partition coefficient (Wildman–Crippen LogP) is 9.62. The normalized spacial score (nSPS) is 15.8. The molecule has 2 aliphatic heterocycles. The molecule has 0 unspecified atom stereocenters. The Morgan fingerprint density at radius 2 is 1.43 bits per heavy atom. The molecular weight excluding hydrogens is 748 g/mol. The first-order valence-electron chi connectivity index (χ1n) is 18.2. The van der Waals surface area contributed by atoms with Crippen LogP contribution < -0.4 is 14.5 Å². The molecule has 2 aliphatic rings. The first-order valence-corrected chi connectivity index (χ1v) is 15.7. The summed E-state index contributed by atoms with van der Waals surface area (Å²) in [5, 5.41) is 0. The zero-order chi connectivity index (χ0) is 35.5. The average Bonchev–Trinajstić information content (AvgIpc) is 3.11. The van der Waals surface area contributed by atoms with Crippen LogP contribution in [0.1, 0.15) is 68.3 Å². The fourth-order valence-corrected chi connectivity index (χ4v) is 6.26. The molecule has 0 saturated heterocycles. The molecule has 236 valence electrons. The van der Waals surface area contributed by atoms with E-state index in [0.29, 0.717) is 17.1 Å².